The van der Waals surface area contributed by atoms with Gasteiger partial charge in [-0.2, -0.15) is 0 Å². The highest BCUT2D eigenvalue weighted by Crippen LogP contribution is 2.67. The molecule has 12 rings (SSSR count). The van der Waals surface area contributed by atoms with Crippen molar-refractivity contribution in [3.63, 3.8) is 0 Å². The molecule has 0 fully saturated rings. The molecule has 3 heterocycles. The molecule has 2 aliphatic carbocycles. The lowest BCUT2D eigenvalue weighted by Gasteiger charge is -2.45. The molecule has 4 nitrogen and oxygen atoms in total. The zero-order valence-electron chi connectivity index (χ0n) is 33.0. The van der Waals surface area contributed by atoms with Crippen LogP contribution in [-0.4, -0.2) is 9.19 Å². The molecule has 0 bridgehead atoms. The second-order valence-corrected chi connectivity index (χ2v) is 17.5. The van der Waals surface area contributed by atoms with Gasteiger partial charge >= 0.3 is 0 Å². The third kappa shape index (κ3) is 4.96. The predicted octanol–water partition coefficient (Wildman–Crippen LogP) is 13.8. The third-order valence-electron chi connectivity index (χ3n) is 12.8. The van der Waals surface area contributed by atoms with E-state index in [1.807, 2.05) is 12.1 Å². The number of allylic oxidation sites excluding steroid dienone is 4. The first kappa shape index (κ1) is 34.9. The van der Waals surface area contributed by atoms with E-state index >= 15 is 0 Å². The van der Waals surface area contributed by atoms with Crippen molar-refractivity contribution in [2.45, 2.75) is 28.6 Å². The number of pyridine rings is 1. The highest BCUT2D eigenvalue weighted by molar-refractivity contribution is 7.85. The minimum absolute atomic E-state index is 0.334. The molecule has 0 N–H and O–H groups in total. The van der Waals surface area contributed by atoms with E-state index in [0.717, 1.165) is 72.9 Å². The van der Waals surface area contributed by atoms with E-state index in [-0.39, 0.29) is 0 Å². The van der Waals surface area contributed by atoms with Crippen LogP contribution in [0.2, 0.25) is 0 Å². The molecule has 5 heteroatoms. The number of hydrogen-bond acceptors (Lipinski definition) is 4. The molecular formula is C55H39N3OS. The zero-order valence-corrected chi connectivity index (χ0v) is 33.8. The number of anilines is 6. The van der Waals surface area contributed by atoms with Gasteiger partial charge in [0.25, 0.3) is 0 Å². The fourth-order valence-electron chi connectivity index (χ4n) is 10.3. The molecule has 2 unspecified atom stereocenters. The molecule has 1 aromatic heterocycles. The first-order valence-electron chi connectivity index (χ1n) is 20.7. The van der Waals surface area contributed by atoms with Gasteiger partial charge in [-0.05, 0) is 106 Å². The SMILES string of the molecule is CC1C=CC2=C(C1)c1c(ccc3c1N(c1ccccc1)c1ccccc1S3=O)C21c2ccccc2N(c2cc(-c3ccccc3)cc(-c3ccccc3)n2)c2ccccc21. The highest BCUT2D eigenvalue weighted by Gasteiger charge is 2.54. The lowest BCUT2D eigenvalue weighted by molar-refractivity contribution is 0.682. The Morgan fingerprint density at radius 1 is 0.567 bits per heavy atom. The molecule has 60 heavy (non-hydrogen) atoms. The van der Waals surface area contributed by atoms with Gasteiger partial charge in [0.05, 0.1) is 54.4 Å². The summed E-state index contributed by atoms with van der Waals surface area (Å²) in [6, 6.07) is 66.6. The number of para-hydroxylation sites is 4. The smallest absolute Gasteiger partial charge is 0.138 e. The quantitative estimate of drug-likeness (QED) is 0.178. The van der Waals surface area contributed by atoms with Gasteiger partial charge in [-0.1, -0.05) is 153 Å². The van der Waals surface area contributed by atoms with Crippen LogP contribution in [0.25, 0.3) is 28.0 Å². The minimum atomic E-state index is -1.37. The summed E-state index contributed by atoms with van der Waals surface area (Å²) >= 11 is 0. The number of nitrogens with zero attached hydrogens (tertiary/aromatic N) is 3. The molecule has 286 valence electrons. The van der Waals surface area contributed by atoms with Gasteiger partial charge in [-0.25, -0.2) is 9.19 Å². The van der Waals surface area contributed by atoms with Gasteiger partial charge in [0, 0.05) is 16.8 Å². The molecular weight excluding hydrogens is 751 g/mol. The summed E-state index contributed by atoms with van der Waals surface area (Å²) < 4.78 is 14.8. The van der Waals surface area contributed by atoms with E-state index in [0.29, 0.717) is 5.92 Å². The van der Waals surface area contributed by atoms with Gasteiger partial charge in [0.15, 0.2) is 0 Å². The van der Waals surface area contributed by atoms with Gasteiger partial charge < -0.3 is 4.90 Å². The van der Waals surface area contributed by atoms with Crippen molar-refractivity contribution in [3.8, 4) is 22.4 Å². The molecule has 4 aliphatic rings. The lowest BCUT2D eigenvalue weighted by Crippen LogP contribution is -2.37. The minimum Gasteiger partial charge on any atom is -0.307 e. The molecule has 1 spiro atoms. The first-order chi connectivity index (χ1) is 29.6. The number of aromatic nitrogens is 1. The van der Waals surface area contributed by atoms with E-state index in [9.17, 15) is 4.21 Å². The fraction of sp³-hybridized carbons (Fsp3) is 0.0727. The number of hydrogen-bond donors (Lipinski definition) is 0. The molecule has 0 saturated heterocycles. The summed E-state index contributed by atoms with van der Waals surface area (Å²) in [4.78, 5) is 11.9. The second-order valence-electron chi connectivity index (χ2n) is 16.1. The Balaban J connectivity index is 1.16. The molecule has 7 aromatic carbocycles. The van der Waals surface area contributed by atoms with E-state index in [1.165, 1.54) is 33.4 Å². The Hall–Kier alpha value is -7.08. The molecule has 0 radical (unpaired) electrons. The van der Waals surface area contributed by atoms with Crippen molar-refractivity contribution >= 4 is 50.6 Å². The van der Waals surface area contributed by atoms with Crippen molar-refractivity contribution in [1.82, 2.24) is 4.98 Å². The molecule has 2 aliphatic heterocycles. The largest absolute Gasteiger partial charge is 0.307 e. The summed E-state index contributed by atoms with van der Waals surface area (Å²) in [7, 11) is -1.37. The van der Waals surface area contributed by atoms with Crippen LogP contribution < -0.4 is 9.80 Å². The average Bonchev–Trinajstić information content (AvgIpc) is 3.60. The second kappa shape index (κ2) is 13.5. The van der Waals surface area contributed by atoms with Crippen LogP contribution >= 0.6 is 0 Å². The Labute approximate surface area is 352 Å². The summed E-state index contributed by atoms with van der Waals surface area (Å²) in [5, 5.41) is 0. The van der Waals surface area contributed by atoms with E-state index in [1.54, 1.807) is 0 Å². The van der Waals surface area contributed by atoms with Gasteiger partial charge in [0.2, 0.25) is 0 Å². The summed E-state index contributed by atoms with van der Waals surface area (Å²) in [6.45, 7) is 2.31. The summed E-state index contributed by atoms with van der Waals surface area (Å²) in [5.41, 5.74) is 16.2. The Morgan fingerprint density at radius 2 is 1.17 bits per heavy atom. The van der Waals surface area contributed by atoms with Gasteiger partial charge in [-0.15, -0.1) is 0 Å². The maximum Gasteiger partial charge on any atom is 0.138 e. The van der Waals surface area contributed by atoms with Crippen molar-refractivity contribution in [3.05, 3.63) is 228 Å². The summed E-state index contributed by atoms with van der Waals surface area (Å²) in [6.07, 6.45) is 5.67. The van der Waals surface area contributed by atoms with Gasteiger partial charge in [0.1, 0.15) is 5.82 Å². The Bertz CT molecular complexity index is 3010. The number of rotatable bonds is 4. The van der Waals surface area contributed by atoms with E-state index < -0.39 is 16.2 Å². The van der Waals surface area contributed by atoms with Gasteiger partial charge in [-0.3, -0.25) is 4.90 Å². The third-order valence-corrected chi connectivity index (χ3v) is 14.2. The monoisotopic (exact) mass is 789 g/mol. The molecule has 0 saturated carbocycles. The maximum absolute atomic E-state index is 14.8. The average molecular weight is 790 g/mol. The fourth-order valence-corrected chi connectivity index (χ4v) is 11.6. The highest BCUT2D eigenvalue weighted by atomic mass is 32.2. The Kier molecular flexibility index (Phi) is 7.85. The predicted molar refractivity (Wildman–Crippen MR) is 245 cm³/mol. The molecule has 0 amide bonds. The topological polar surface area (TPSA) is 36.4 Å². The van der Waals surface area contributed by atoms with Crippen molar-refractivity contribution < 1.29 is 4.21 Å². The van der Waals surface area contributed by atoms with Crippen molar-refractivity contribution in [2.75, 3.05) is 9.80 Å². The van der Waals surface area contributed by atoms with Crippen LogP contribution in [0.1, 0.15) is 35.6 Å². The summed E-state index contributed by atoms with van der Waals surface area (Å²) in [5.74, 6) is 1.19. The Morgan fingerprint density at radius 3 is 1.87 bits per heavy atom. The number of fused-ring (bicyclic) bond motifs is 11. The van der Waals surface area contributed by atoms with Crippen LogP contribution in [0.3, 0.4) is 0 Å². The van der Waals surface area contributed by atoms with Crippen LogP contribution in [-0.2, 0) is 16.2 Å². The first-order valence-corrected chi connectivity index (χ1v) is 21.8. The van der Waals surface area contributed by atoms with E-state index in [2.05, 4.69) is 205 Å². The van der Waals surface area contributed by atoms with E-state index in [4.69, 9.17) is 4.98 Å². The normalized spacial score (nSPS) is 17.7. The maximum atomic E-state index is 14.8. The van der Waals surface area contributed by atoms with Crippen LogP contribution in [0.15, 0.2) is 216 Å². The molecule has 8 aromatic rings. The van der Waals surface area contributed by atoms with Crippen LogP contribution in [0, 0.1) is 5.92 Å². The van der Waals surface area contributed by atoms with Crippen LogP contribution in [0.5, 0.6) is 0 Å². The molecule has 2 atom stereocenters. The number of benzene rings is 7. The van der Waals surface area contributed by atoms with Crippen molar-refractivity contribution in [1.29, 1.82) is 0 Å². The van der Waals surface area contributed by atoms with Crippen molar-refractivity contribution in [2.24, 2.45) is 5.92 Å². The zero-order chi connectivity index (χ0) is 40.0. The standard InChI is InChI=1S/C55H39N3OS/c1-36-29-30-42-41(33-36)53-45(31-32-51-54(53)57(40-21-9-4-10-22-40)49-27-15-16-28-50(49)60(51)59)55(42)43-23-11-13-25-47(43)58(48-26-14-12-24-44(48)55)52-35-39(37-17-5-2-6-18-37)34-46(56-52)38-19-7-3-8-20-38/h2-32,34-36H,33H2,1H3. The van der Waals surface area contributed by atoms with Crippen LogP contribution in [0.4, 0.5) is 34.3 Å². The lowest BCUT2D eigenvalue weighted by atomic mass is 9.63.